The second kappa shape index (κ2) is 9.72. The first-order chi connectivity index (χ1) is 15.8. The van der Waals surface area contributed by atoms with Crippen LogP contribution in [0.25, 0.3) is 0 Å². The van der Waals surface area contributed by atoms with E-state index in [-0.39, 0.29) is 10.6 Å². The second-order valence-electron chi connectivity index (χ2n) is 6.97. The molecular formula is C17H11F17S2. The Morgan fingerprint density at radius 3 is 1.50 bits per heavy atom. The van der Waals surface area contributed by atoms with Crippen LogP contribution in [0.3, 0.4) is 0 Å². The van der Waals surface area contributed by atoms with Crippen LogP contribution < -0.4 is 0 Å². The van der Waals surface area contributed by atoms with Crippen LogP contribution in [-0.2, 0) is 6.42 Å². The van der Waals surface area contributed by atoms with Crippen LogP contribution in [0, 0.1) is 0 Å². The summed E-state index contributed by atoms with van der Waals surface area (Å²) in [7, 11) is 0. The highest BCUT2D eigenvalue weighted by atomic mass is 32.2. The van der Waals surface area contributed by atoms with Gasteiger partial charge in [0.2, 0.25) is 0 Å². The van der Waals surface area contributed by atoms with E-state index in [0.29, 0.717) is 17.3 Å². The Labute approximate surface area is 198 Å². The van der Waals surface area contributed by atoms with E-state index >= 15 is 0 Å². The van der Waals surface area contributed by atoms with Gasteiger partial charge < -0.3 is 0 Å². The third kappa shape index (κ3) is 4.89. The van der Waals surface area contributed by atoms with Crippen LogP contribution in [0.15, 0.2) is 28.3 Å². The molecule has 1 rings (SSSR count). The van der Waals surface area contributed by atoms with Crippen molar-refractivity contribution < 1.29 is 74.6 Å². The quantitative estimate of drug-likeness (QED) is 0.131. The minimum Gasteiger partial charge on any atom is -0.200 e. The first-order valence-electron chi connectivity index (χ1n) is 8.79. The molecule has 0 fully saturated rings. The lowest BCUT2D eigenvalue weighted by Crippen LogP contribution is -2.74. The highest BCUT2D eigenvalue weighted by Crippen LogP contribution is 2.64. The van der Waals surface area contributed by atoms with Crippen LogP contribution >= 0.6 is 23.1 Å². The normalized spacial score (nSPS) is 15.4. The highest BCUT2D eigenvalue weighted by molar-refractivity contribution is 8.01. The summed E-state index contributed by atoms with van der Waals surface area (Å²) in [5.74, 6) is -57.3. The van der Waals surface area contributed by atoms with E-state index in [1.165, 1.54) is 17.5 Å². The van der Waals surface area contributed by atoms with E-state index in [0.717, 1.165) is 11.3 Å². The Balaban J connectivity index is 3.34. The Hall–Kier alpha value is -1.40. The molecule has 0 aromatic carbocycles. The van der Waals surface area contributed by atoms with Crippen molar-refractivity contribution in [3.8, 4) is 0 Å². The van der Waals surface area contributed by atoms with Crippen LogP contribution in [0.2, 0.25) is 0 Å². The smallest absolute Gasteiger partial charge is 0.200 e. The molecule has 0 saturated carbocycles. The minimum absolute atomic E-state index is 0.120. The molecule has 210 valence electrons. The molecule has 1 aromatic rings. The minimum atomic E-state index is -8.60. The van der Waals surface area contributed by atoms with Gasteiger partial charge in [0, 0.05) is 12.2 Å². The maximum Gasteiger partial charge on any atom is 0.460 e. The van der Waals surface area contributed by atoms with Crippen molar-refractivity contribution in [1.82, 2.24) is 0 Å². The van der Waals surface area contributed by atoms with Crippen molar-refractivity contribution in [2.24, 2.45) is 0 Å². The van der Waals surface area contributed by atoms with Gasteiger partial charge in [0.15, 0.2) is 0 Å². The predicted octanol–water partition coefficient (Wildman–Crippen LogP) is 8.97. The lowest BCUT2D eigenvalue weighted by Gasteiger charge is -2.42. The van der Waals surface area contributed by atoms with Crippen LogP contribution in [0.1, 0.15) is 12.0 Å². The summed E-state index contributed by atoms with van der Waals surface area (Å²) in [6.45, 7) is 3.34. The standard InChI is InChI=1S/C17H11F17S2/c1-2-3-8-4-6-35-9(8)36-7-5-10(18,19)11(20,21)12(22,23)13(24,25)14(26,27)15(28,29)16(30,31)17(32,33)34/h2,4,6H,1,3,5,7H2. The van der Waals surface area contributed by atoms with E-state index in [1.54, 1.807) is 0 Å². The average Bonchev–Trinajstić information content (AvgIpc) is 3.13. The molecule has 1 aromatic heterocycles. The number of halogens is 17. The Bertz CT molecular complexity index is 913. The van der Waals surface area contributed by atoms with E-state index < -0.39 is 59.8 Å². The molecule has 0 bridgehead atoms. The van der Waals surface area contributed by atoms with Gasteiger partial charge >= 0.3 is 47.6 Å². The van der Waals surface area contributed by atoms with Gasteiger partial charge in [-0.3, -0.25) is 0 Å². The first-order valence-corrected chi connectivity index (χ1v) is 10.7. The molecule has 36 heavy (non-hydrogen) atoms. The molecule has 0 aliphatic heterocycles. The predicted molar refractivity (Wildman–Crippen MR) is 94.2 cm³/mol. The van der Waals surface area contributed by atoms with Crippen molar-refractivity contribution in [3.05, 3.63) is 29.7 Å². The molecule has 0 N–H and O–H groups in total. The number of hydrogen-bond donors (Lipinski definition) is 0. The van der Waals surface area contributed by atoms with E-state index in [4.69, 9.17) is 0 Å². The fourth-order valence-electron chi connectivity index (χ4n) is 2.38. The van der Waals surface area contributed by atoms with Crippen molar-refractivity contribution in [1.29, 1.82) is 0 Å². The molecule has 1 heterocycles. The summed E-state index contributed by atoms with van der Waals surface area (Å²) >= 11 is 1.14. The Kier molecular flexibility index (Phi) is 8.81. The maximum atomic E-state index is 13.9. The Morgan fingerprint density at radius 2 is 1.08 bits per heavy atom. The fraction of sp³-hybridized carbons (Fsp3) is 0.647. The topological polar surface area (TPSA) is 0 Å². The molecule has 0 aliphatic carbocycles. The first kappa shape index (κ1) is 32.6. The lowest BCUT2D eigenvalue weighted by molar-refractivity contribution is -0.461. The summed E-state index contributed by atoms with van der Waals surface area (Å²) < 4.78 is 225. The molecule has 0 radical (unpaired) electrons. The van der Waals surface area contributed by atoms with Crippen LogP contribution in [0.5, 0.6) is 0 Å². The molecule has 0 spiro atoms. The molecule has 19 heteroatoms. The van der Waals surface area contributed by atoms with Gasteiger partial charge in [0.1, 0.15) is 0 Å². The molecule has 0 nitrogen and oxygen atoms in total. The average molecular weight is 602 g/mol. The van der Waals surface area contributed by atoms with Gasteiger partial charge in [0.25, 0.3) is 0 Å². The summed E-state index contributed by atoms with van der Waals surface area (Å²) in [6.07, 6.45) is -8.78. The molecule has 0 saturated heterocycles. The van der Waals surface area contributed by atoms with Crippen molar-refractivity contribution in [2.45, 2.75) is 64.7 Å². The number of allylic oxidation sites excluding steroid dienone is 1. The zero-order chi connectivity index (χ0) is 28.8. The largest absolute Gasteiger partial charge is 0.460 e. The zero-order valence-electron chi connectivity index (χ0n) is 16.8. The summed E-state index contributed by atoms with van der Waals surface area (Å²) in [5.41, 5.74) is 0.388. The van der Waals surface area contributed by atoms with Gasteiger partial charge in [0.05, 0.1) is 4.21 Å². The third-order valence-corrected chi connectivity index (χ3v) is 6.83. The van der Waals surface area contributed by atoms with Crippen molar-refractivity contribution >= 4 is 23.1 Å². The molecule has 0 amide bonds. The molecular weight excluding hydrogens is 591 g/mol. The highest BCUT2D eigenvalue weighted by Gasteiger charge is 2.95. The number of hydrogen-bond acceptors (Lipinski definition) is 2. The van der Waals surface area contributed by atoms with E-state index in [9.17, 15) is 74.6 Å². The Morgan fingerprint density at radius 1 is 0.667 bits per heavy atom. The van der Waals surface area contributed by atoms with E-state index in [2.05, 4.69) is 6.58 Å². The van der Waals surface area contributed by atoms with Gasteiger partial charge in [-0.25, -0.2) is 0 Å². The van der Waals surface area contributed by atoms with Crippen molar-refractivity contribution in [3.63, 3.8) is 0 Å². The number of rotatable bonds is 12. The van der Waals surface area contributed by atoms with Crippen LogP contribution in [-0.4, -0.2) is 53.4 Å². The summed E-state index contributed by atoms with van der Waals surface area (Å²) in [5, 5.41) is 1.38. The third-order valence-electron chi connectivity index (χ3n) is 4.51. The molecule has 0 aliphatic rings. The number of thioether (sulfide) groups is 1. The van der Waals surface area contributed by atoms with Gasteiger partial charge in [-0.05, 0) is 23.4 Å². The lowest BCUT2D eigenvalue weighted by atomic mass is 9.88. The SMILES string of the molecule is C=CCc1ccsc1SCCC(F)(F)C(F)(F)C(F)(F)C(F)(F)C(F)(F)C(F)(F)C(F)(F)C(F)(F)F. The van der Waals surface area contributed by atoms with Gasteiger partial charge in [-0.1, -0.05) is 6.08 Å². The monoisotopic (exact) mass is 602 g/mol. The zero-order valence-corrected chi connectivity index (χ0v) is 18.4. The van der Waals surface area contributed by atoms with Gasteiger partial charge in [-0.15, -0.1) is 29.7 Å². The van der Waals surface area contributed by atoms with E-state index in [1.807, 2.05) is 0 Å². The number of alkyl halides is 17. The summed E-state index contributed by atoms with van der Waals surface area (Å²) in [6, 6.07) is 1.41. The number of thiophene rings is 1. The molecule has 0 atom stereocenters. The fourth-order valence-corrected chi connectivity index (χ4v) is 4.61. The maximum absolute atomic E-state index is 13.9. The van der Waals surface area contributed by atoms with Crippen LogP contribution in [0.4, 0.5) is 74.6 Å². The molecule has 0 unspecified atom stereocenters. The van der Waals surface area contributed by atoms with Crippen molar-refractivity contribution in [2.75, 3.05) is 5.75 Å². The summed E-state index contributed by atoms with van der Waals surface area (Å²) in [4.78, 5) is 0. The van der Waals surface area contributed by atoms with Gasteiger partial charge in [-0.2, -0.15) is 74.6 Å². The second-order valence-corrected chi connectivity index (χ2v) is 9.25.